The summed E-state index contributed by atoms with van der Waals surface area (Å²) in [6.45, 7) is 10.2. The van der Waals surface area contributed by atoms with Crippen LogP contribution in [-0.2, 0) is 9.47 Å². The van der Waals surface area contributed by atoms with Gasteiger partial charge >= 0.3 is 6.09 Å². The van der Waals surface area contributed by atoms with Crippen LogP contribution in [0.15, 0.2) is 30.3 Å². The molecule has 0 saturated carbocycles. The van der Waals surface area contributed by atoms with Crippen LogP contribution < -0.4 is 5.32 Å². The van der Waals surface area contributed by atoms with Crippen molar-refractivity contribution in [3.05, 3.63) is 35.9 Å². The molecule has 1 N–H and O–H groups in total. The number of carbonyl (C=O) groups is 1. The minimum Gasteiger partial charge on any atom is -0.444 e. The molecule has 2 aliphatic heterocycles. The first-order valence-corrected chi connectivity index (χ1v) is 9.16. The third-order valence-electron chi connectivity index (χ3n) is 4.81. The van der Waals surface area contributed by atoms with E-state index < -0.39 is 5.60 Å². The zero-order chi connectivity index (χ0) is 18.1. The Morgan fingerprint density at radius 3 is 2.52 bits per heavy atom. The van der Waals surface area contributed by atoms with Gasteiger partial charge in [0.05, 0.1) is 24.8 Å². The molecule has 1 aromatic rings. The SMILES string of the molecule is CC1(NC2CCN(C(=O)OC(C)(C)C)[C@@H](c3ccccc3)C2)COC1. The van der Waals surface area contributed by atoms with Gasteiger partial charge in [-0.15, -0.1) is 0 Å². The molecule has 0 bridgehead atoms. The molecule has 2 aliphatic rings. The summed E-state index contributed by atoms with van der Waals surface area (Å²) in [5.74, 6) is 0. The molecular formula is C20H30N2O3. The Bertz CT molecular complexity index is 593. The molecule has 138 valence electrons. The van der Waals surface area contributed by atoms with Crippen molar-refractivity contribution in [3.63, 3.8) is 0 Å². The van der Waals surface area contributed by atoms with Gasteiger partial charge in [-0.25, -0.2) is 4.79 Å². The van der Waals surface area contributed by atoms with E-state index in [4.69, 9.17) is 9.47 Å². The average molecular weight is 346 g/mol. The molecule has 1 amide bonds. The van der Waals surface area contributed by atoms with Crippen molar-refractivity contribution in [2.45, 2.75) is 63.8 Å². The summed E-state index contributed by atoms with van der Waals surface area (Å²) >= 11 is 0. The number of rotatable bonds is 3. The van der Waals surface area contributed by atoms with Gasteiger partial charge in [0.1, 0.15) is 5.60 Å². The zero-order valence-corrected chi connectivity index (χ0v) is 15.7. The molecule has 1 unspecified atom stereocenters. The van der Waals surface area contributed by atoms with Crippen molar-refractivity contribution < 1.29 is 14.3 Å². The van der Waals surface area contributed by atoms with E-state index in [0.29, 0.717) is 12.6 Å². The zero-order valence-electron chi connectivity index (χ0n) is 15.7. The first kappa shape index (κ1) is 18.2. The molecule has 0 aliphatic carbocycles. The lowest BCUT2D eigenvalue weighted by Gasteiger charge is -2.46. The molecule has 0 aromatic heterocycles. The van der Waals surface area contributed by atoms with E-state index in [9.17, 15) is 4.79 Å². The molecule has 2 atom stereocenters. The van der Waals surface area contributed by atoms with Crippen molar-refractivity contribution in [3.8, 4) is 0 Å². The monoisotopic (exact) mass is 346 g/mol. The van der Waals surface area contributed by atoms with Gasteiger partial charge in [0.25, 0.3) is 0 Å². The second-order valence-corrected chi connectivity index (χ2v) is 8.52. The van der Waals surface area contributed by atoms with Crippen LogP contribution >= 0.6 is 0 Å². The van der Waals surface area contributed by atoms with E-state index in [1.807, 2.05) is 43.9 Å². The van der Waals surface area contributed by atoms with Crippen LogP contribution in [0.3, 0.4) is 0 Å². The van der Waals surface area contributed by atoms with Gasteiger partial charge in [0.2, 0.25) is 0 Å². The molecule has 1 aromatic carbocycles. The van der Waals surface area contributed by atoms with Gasteiger partial charge in [-0.2, -0.15) is 0 Å². The second-order valence-electron chi connectivity index (χ2n) is 8.52. The summed E-state index contributed by atoms with van der Waals surface area (Å²) in [7, 11) is 0. The number of carbonyl (C=O) groups excluding carboxylic acids is 1. The van der Waals surface area contributed by atoms with Crippen molar-refractivity contribution in [1.82, 2.24) is 10.2 Å². The average Bonchev–Trinajstić information content (AvgIpc) is 2.52. The predicted octanol–water partition coefficient (Wildman–Crippen LogP) is 3.51. The molecule has 2 heterocycles. The van der Waals surface area contributed by atoms with Crippen LogP contribution in [0, 0.1) is 0 Å². The maximum Gasteiger partial charge on any atom is 0.410 e. The van der Waals surface area contributed by atoms with Crippen LogP contribution in [0.4, 0.5) is 4.79 Å². The number of piperidine rings is 1. The molecule has 25 heavy (non-hydrogen) atoms. The molecule has 5 nitrogen and oxygen atoms in total. The standard InChI is InChI=1S/C20H30N2O3/c1-19(2,3)25-18(23)22-11-10-16(21-20(4)13-24-14-20)12-17(22)15-8-6-5-7-9-15/h5-9,16-17,21H,10-14H2,1-4H3/t16?,17-/m1/s1. The van der Waals surface area contributed by atoms with Crippen LogP contribution in [-0.4, -0.2) is 47.9 Å². The van der Waals surface area contributed by atoms with E-state index in [2.05, 4.69) is 24.4 Å². The Labute approximate surface area is 150 Å². The van der Waals surface area contributed by atoms with Crippen molar-refractivity contribution >= 4 is 6.09 Å². The van der Waals surface area contributed by atoms with Gasteiger partial charge in [0.15, 0.2) is 0 Å². The number of benzene rings is 1. The fourth-order valence-corrected chi connectivity index (χ4v) is 3.61. The summed E-state index contributed by atoms with van der Waals surface area (Å²) < 4.78 is 11.0. The van der Waals surface area contributed by atoms with Crippen LogP contribution in [0.1, 0.15) is 52.1 Å². The summed E-state index contributed by atoms with van der Waals surface area (Å²) in [5.41, 5.74) is 0.749. The number of nitrogens with zero attached hydrogens (tertiary/aromatic N) is 1. The lowest BCUT2D eigenvalue weighted by atomic mass is 9.89. The Morgan fingerprint density at radius 2 is 1.96 bits per heavy atom. The van der Waals surface area contributed by atoms with Gasteiger partial charge in [-0.3, -0.25) is 0 Å². The number of amides is 1. The van der Waals surface area contributed by atoms with Crippen molar-refractivity contribution in [2.75, 3.05) is 19.8 Å². The van der Waals surface area contributed by atoms with Gasteiger partial charge in [-0.05, 0) is 46.1 Å². The fraction of sp³-hybridized carbons (Fsp3) is 0.650. The normalized spacial score (nSPS) is 26.0. The predicted molar refractivity (Wildman–Crippen MR) is 97.5 cm³/mol. The van der Waals surface area contributed by atoms with E-state index in [1.54, 1.807) is 0 Å². The van der Waals surface area contributed by atoms with Crippen LogP contribution in [0.2, 0.25) is 0 Å². The van der Waals surface area contributed by atoms with Gasteiger partial charge in [0, 0.05) is 12.6 Å². The lowest BCUT2D eigenvalue weighted by molar-refractivity contribution is -0.0743. The third-order valence-corrected chi connectivity index (χ3v) is 4.81. The fourth-order valence-electron chi connectivity index (χ4n) is 3.61. The maximum atomic E-state index is 12.7. The number of likely N-dealkylation sites (tertiary alicyclic amines) is 1. The molecule has 0 radical (unpaired) electrons. The molecule has 2 fully saturated rings. The summed E-state index contributed by atoms with van der Waals surface area (Å²) in [6.07, 6.45) is 1.59. The number of hydrogen-bond acceptors (Lipinski definition) is 4. The number of hydrogen-bond donors (Lipinski definition) is 1. The second kappa shape index (κ2) is 6.96. The highest BCUT2D eigenvalue weighted by Gasteiger charge is 2.40. The van der Waals surface area contributed by atoms with Crippen molar-refractivity contribution in [2.24, 2.45) is 0 Å². The highest BCUT2D eigenvalue weighted by atomic mass is 16.6. The van der Waals surface area contributed by atoms with Gasteiger partial charge in [-0.1, -0.05) is 30.3 Å². The number of nitrogens with one attached hydrogen (secondary N) is 1. The third kappa shape index (κ3) is 4.53. The number of ether oxygens (including phenoxy) is 2. The molecule has 3 rings (SSSR count). The highest BCUT2D eigenvalue weighted by Crippen LogP contribution is 2.33. The van der Waals surface area contributed by atoms with E-state index in [-0.39, 0.29) is 17.7 Å². The Morgan fingerprint density at radius 1 is 1.28 bits per heavy atom. The molecule has 0 spiro atoms. The molecule has 5 heteroatoms. The lowest BCUT2D eigenvalue weighted by Crippen LogP contribution is -2.62. The first-order valence-electron chi connectivity index (χ1n) is 9.16. The van der Waals surface area contributed by atoms with E-state index >= 15 is 0 Å². The van der Waals surface area contributed by atoms with Crippen molar-refractivity contribution in [1.29, 1.82) is 0 Å². The minimum atomic E-state index is -0.482. The smallest absolute Gasteiger partial charge is 0.410 e. The quantitative estimate of drug-likeness (QED) is 0.910. The first-order chi connectivity index (χ1) is 11.8. The molecular weight excluding hydrogens is 316 g/mol. The Hall–Kier alpha value is -1.59. The minimum absolute atomic E-state index is 0.0342. The highest BCUT2D eigenvalue weighted by molar-refractivity contribution is 5.69. The largest absolute Gasteiger partial charge is 0.444 e. The Kier molecular flexibility index (Phi) is 5.07. The summed E-state index contributed by atoms with van der Waals surface area (Å²) in [6, 6.07) is 10.7. The van der Waals surface area contributed by atoms with E-state index in [1.165, 1.54) is 0 Å². The summed E-state index contributed by atoms with van der Waals surface area (Å²) in [5, 5.41) is 3.74. The van der Waals surface area contributed by atoms with Gasteiger partial charge < -0.3 is 19.7 Å². The maximum absolute atomic E-state index is 12.7. The van der Waals surface area contributed by atoms with Crippen LogP contribution in [0.5, 0.6) is 0 Å². The summed E-state index contributed by atoms with van der Waals surface area (Å²) in [4.78, 5) is 14.6. The Balaban J connectivity index is 1.75. The molecule has 2 saturated heterocycles. The topological polar surface area (TPSA) is 50.8 Å². The van der Waals surface area contributed by atoms with E-state index in [0.717, 1.165) is 31.6 Å². The van der Waals surface area contributed by atoms with Crippen LogP contribution in [0.25, 0.3) is 0 Å².